The zero-order valence-corrected chi connectivity index (χ0v) is 4.16. The van der Waals surface area contributed by atoms with Crippen LogP contribution in [0.2, 0.25) is 0 Å². The number of nitrogens with one attached hydrogen (secondary N) is 1. The van der Waals surface area contributed by atoms with Crippen LogP contribution >= 0.6 is 0 Å². The van der Waals surface area contributed by atoms with E-state index in [2.05, 4.69) is 6.58 Å². The van der Waals surface area contributed by atoms with Gasteiger partial charge in [-0.2, -0.15) is 0 Å². The fourth-order valence-electron chi connectivity index (χ4n) is 0.185. The smallest absolute Gasteiger partial charge is 0.406 e. The second kappa shape index (κ2) is 3.04. The molecular formula is C4H7NO3. The minimum Gasteiger partial charge on any atom is -0.465 e. The van der Waals surface area contributed by atoms with Gasteiger partial charge in [0.15, 0.2) is 0 Å². The van der Waals surface area contributed by atoms with Gasteiger partial charge < -0.3 is 10.2 Å². The molecule has 0 aliphatic carbocycles. The van der Waals surface area contributed by atoms with E-state index in [1.165, 1.54) is 0 Å². The maximum Gasteiger partial charge on any atom is 0.406 e. The maximum absolute atomic E-state index is 9.65. The second-order valence-corrected chi connectivity index (χ2v) is 1.13. The third kappa shape index (κ3) is 3.17. The molecule has 46 valence electrons. The molecule has 1 amide bonds. The molecule has 0 aromatic rings. The topological polar surface area (TPSA) is 69.6 Å². The molecule has 1 unspecified atom stereocenters. The van der Waals surface area contributed by atoms with Crippen LogP contribution in [0.4, 0.5) is 4.79 Å². The van der Waals surface area contributed by atoms with E-state index in [4.69, 9.17) is 10.2 Å². The van der Waals surface area contributed by atoms with Crippen molar-refractivity contribution in [2.75, 3.05) is 0 Å². The van der Waals surface area contributed by atoms with Crippen LogP contribution in [0, 0.1) is 0 Å². The molecule has 0 heterocycles. The van der Waals surface area contributed by atoms with Crippen LogP contribution in [0.15, 0.2) is 12.7 Å². The predicted octanol–water partition coefficient (Wildman–Crippen LogP) is -0.242. The van der Waals surface area contributed by atoms with E-state index in [0.717, 1.165) is 6.08 Å². The standard InChI is InChI=1S/C4H7NO3/c1-2-3(6)5-4(7)8/h2-3,5-6H,1H2,(H,7,8). The van der Waals surface area contributed by atoms with E-state index in [1.54, 1.807) is 5.32 Å². The first-order valence-corrected chi connectivity index (χ1v) is 1.97. The number of rotatable bonds is 2. The van der Waals surface area contributed by atoms with Crippen LogP contribution in [-0.2, 0) is 0 Å². The summed E-state index contributed by atoms with van der Waals surface area (Å²) < 4.78 is 0. The summed E-state index contributed by atoms with van der Waals surface area (Å²) in [6.07, 6.45) is -1.35. The van der Waals surface area contributed by atoms with Gasteiger partial charge in [-0.05, 0) is 6.08 Å². The molecule has 8 heavy (non-hydrogen) atoms. The Kier molecular flexibility index (Phi) is 2.64. The summed E-state index contributed by atoms with van der Waals surface area (Å²) in [6.45, 7) is 3.14. The van der Waals surface area contributed by atoms with E-state index in [0.29, 0.717) is 0 Å². The molecule has 1 atom stereocenters. The van der Waals surface area contributed by atoms with Gasteiger partial charge in [0.1, 0.15) is 6.23 Å². The average Bonchev–Trinajstić information content (AvgIpc) is 1.65. The summed E-state index contributed by atoms with van der Waals surface area (Å²) in [4.78, 5) is 9.65. The lowest BCUT2D eigenvalue weighted by molar-refractivity contribution is 0.149. The molecule has 0 aromatic carbocycles. The molecule has 3 N–H and O–H groups in total. The maximum atomic E-state index is 9.65. The van der Waals surface area contributed by atoms with Crippen molar-refractivity contribution in [2.24, 2.45) is 0 Å². The Labute approximate surface area is 46.4 Å². The fraction of sp³-hybridized carbons (Fsp3) is 0.250. The number of hydrogen-bond acceptors (Lipinski definition) is 2. The van der Waals surface area contributed by atoms with E-state index in [9.17, 15) is 4.79 Å². The molecule has 0 aromatic heterocycles. The number of carbonyl (C=O) groups is 1. The number of amides is 1. The minimum absolute atomic E-state index is 1.08. The van der Waals surface area contributed by atoms with Crippen molar-refractivity contribution in [3.8, 4) is 0 Å². The van der Waals surface area contributed by atoms with Gasteiger partial charge in [-0.15, -0.1) is 0 Å². The highest BCUT2D eigenvalue weighted by Gasteiger charge is 1.98. The van der Waals surface area contributed by atoms with Crippen LogP contribution in [0.3, 0.4) is 0 Å². The Balaban J connectivity index is 3.38. The molecule has 0 fully saturated rings. The number of aliphatic hydroxyl groups excluding tert-OH is 1. The predicted molar refractivity (Wildman–Crippen MR) is 27.4 cm³/mol. The van der Waals surface area contributed by atoms with Gasteiger partial charge in [-0.25, -0.2) is 4.79 Å². The van der Waals surface area contributed by atoms with Crippen molar-refractivity contribution in [3.05, 3.63) is 12.7 Å². The van der Waals surface area contributed by atoms with Crippen LogP contribution in [-0.4, -0.2) is 22.5 Å². The Morgan fingerprint density at radius 3 is 2.50 bits per heavy atom. The number of aliphatic hydroxyl groups is 1. The Morgan fingerprint density at radius 1 is 1.88 bits per heavy atom. The molecule has 4 nitrogen and oxygen atoms in total. The van der Waals surface area contributed by atoms with E-state index >= 15 is 0 Å². The Morgan fingerprint density at radius 2 is 2.38 bits per heavy atom. The Hall–Kier alpha value is -1.03. The molecule has 4 heteroatoms. The van der Waals surface area contributed by atoms with Crippen molar-refractivity contribution in [3.63, 3.8) is 0 Å². The molecule has 0 aliphatic heterocycles. The summed E-state index contributed by atoms with van der Waals surface area (Å²) in [7, 11) is 0. The van der Waals surface area contributed by atoms with Crippen LogP contribution in [0.1, 0.15) is 0 Å². The lowest BCUT2D eigenvalue weighted by Crippen LogP contribution is -2.31. The zero-order valence-electron chi connectivity index (χ0n) is 4.16. The van der Waals surface area contributed by atoms with Crippen molar-refractivity contribution in [1.29, 1.82) is 0 Å². The molecule has 0 bridgehead atoms. The Bertz CT molecular complexity index is 101. The van der Waals surface area contributed by atoms with Gasteiger partial charge in [0.2, 0.25) is 0 Å². The monoisotopic (exact) mass is 117 g/mol. The van der Waals surface area contributed by atoms with Gasteiger partial charge in [0, 0.05) is 0 Å². The average molecular weight is 117 g/mol. The SMILES string of the molecule is C=CC(O)NC(=O)O. The van der Waals surface area contributed by atoms with Gasteiger partial charge in [-0.3, -0.25) is 5.32 Å². The summed E-state index contributed by atoms with van der Waals surface area (Å²) in [5.41, 5.74) is 0. The lowest BCUT2D eigenvalue weighted by atomic mass is 10.6. The summed E-state index contributed by atoms with van der Waals surface area (Å²) >= 11 is 0. The van der Waals surface area contributed by atoms with Crippen molar-refractivity contribution in [1.82, 2.24) is 5.32 Å². The third-order valence-electron chi connectivity index (χ3n) is 0.495. The summed E-state index contributed by atoms with van der Waals surface area (Å²) in [5.74, 6) is 0. The van der Waals surface area contributed by atoms with E-state index < -0.39 is 12.3 Å². The van der Waals surface area contributed by atoms with Crippen LogP contribution in [0.5, 0.6) is 0 Å². The van der Waals surface area contributed by atoms with Gasteiger partial charge in [0.25, 0.3) is 0 Å². The number of carboxylic acid groups (broad SMARTS) is 1. The lowest BCUT2D eigenvalue weighted by Gasteiger charge is -2.01. The van der Waals surface area contributed by atoms with E-state index in [1.807, 2.05) is 0 Å². The van der Waals surface area contributed by atoms with Gasteiger partial charge in [-0.1, -0.05) is 6.58 Å². The molecule has 0 saturated carbocycles. The molecule has 0 aliphatic rings. The first-order chi connectivity index (χ1) is 3.66. The van der Waals surface area contributed by atoms with Crippen LogP contribution in [0.25, 0.3) is 0 Å². The van der Waals surface area contributed by atoms with Crippen LogP contribution < -0.4 is 5.32 Å². The zero-order chi connectivity index (χ0) is 6.57. The first-order valence-electron chi connectivity index (χ1n) is 1.97. The quantitative estimate of drug-likeness (QED) is 0.345. The summed E-state index contributed by atoms with van der Waals surface area (Å²) in [5, 5.41) is 18.1. The molecular weight excluding hydrogens is 110 g/mol. The van der Waals surface area contributed by atoms with E-state index in [-0.39, 0.29) is 0 Å². The molecule has 0 spiro atoms. The van der Waals surface area contributed by atoms with Crippen molar-refractivity contribution in [2.45, 2.75) is 6.23 Å². The molecule has 0 radical (unpaired) electrons. The highest BCUT2D eigenvalue weighted by atomic mass is 16.4. The number of hydrogen-bond donors (Lipinski definition) is 3. The highest BCUT2D eigenvalue weighted by molar-refractivity contribution is 5.64. The highest BCUT2D eigenvalue weighted by Crippen LogP contribution is 1.74. The van der Waals surface area contributed by atoms with Gasteiger partial charge in [0.05, 0.1) is 0 Å². The normalized spacial score (nSPS) is 12.1. The first kappa shape index (κ1) is 6.97. The second-order valence-electron chi connectivity index (χ2n) is 1.13. The largest absolute Gasteiger partial charge is 0.465 e. The third-order valence-corrected chi connectivity index (χ3v) is 0.495. The van der Waals surface area contributed by atoms with Gasteiger partial charge >= 0.3 is 6.09 Å². The fourth-order valence-corrected chi connectivity index (χ4v) is 0.185. The molecule has 0 rings (SSSR count). The minimum atomic E-state index is -1.27. The van der Waals surface area contributed by atoms with Crippen molar-refractivity contribution < 1.29 is 15.0 Å². The molecule has 0 saturated heterocycles. The van der Waals surface area contributed by atoms with Crippen molar-refractivity contribution >= 4 is 6.09 Å². The summed E-state index contributed by atoms with van der Waals surface area (Å²) in [6, 6.07) is 0.